The summed E-state index contributed by atoms with van der Waals surface area (Å²) in [4.78, 5) is 4.33. The second-order valence-electron chi connectivity index (χ2n) is 3.18. The largest absolute Gasteiger partial charge is 0.398 e. The third-order valence-electron chi connectivity index (χ3n) is 2.10. The summed E-state index contributed by atoms with van der Waals surface area (Å²) >= 11 is 0. The number of pyridine rings is 1. The summed E-state index contributed by atoms with van der Waals surface area (Å²) in [5.74, 6) is 1.09. The first kappa shape index (κ1) is 8.10. The zero-order valence-corrected chi connectivity index (χ0v) is 7.70. The molecule has 0 aromatic carbocycles. The molecule has 0 aliphatic carbocycles. The molecule has 3 heteroatoms. The lowest BCUT2D eigenvalue weighted by atomic mass is 10.3. The molecule has 0 bridgehead atoms. The van der Waals surface area contributed by atoms with Crippen LogP contribution in [0.2, 0.25) is 0 Å². The molecule has 0 aliphatic heterocycles. The van der Waals surface area contributed by atoms with Gasteiger partial charge in [-0.15, -0.1) is 0 Å². The van der Waals surface area contributed by atoms with E-state index in [-0.39, 0.29) is 0 Å². The van der Waals surface area contributed by atoms with Crippen molar-refractivity contribution < 1.29 is 0 Å². The Balaban J connectivity index is 2.58. The quantitative estimate of drug-likeness (QED) is 0.757. The summed E-state index contributed by atoms with van der Waals surface area (Å²) in [7, 11) is 0. The number of rotatable bonds is 2. The number of hydrogen-bond donors (Lipinski definition) is 1. The molecule has 68 valence electrons. The molecule has 0 spiro atoms. The molecular weight excluding hydrogens is 162 g/mol. The Hall–Kier alpha value is -1.51. The van der Waals surface area contributed by atoms with Crippen LogP contribution in [0.3, 0.4) is 0 Å². The number of nitrogens with two attached hydrogens (primary N) is 1. The van der Waals surface area contributed by atoms with Crippen molar-refractivity contribution in [2.45, 2.75) is 19.8 Å². The lowest BCUT2D eigenvalue weighted by Gasteiger charge is -2.00. The number of nitrogen functional groups attached to an aromatic ring is 1. The molecule has 2 aromatic heterocycles. The third-order valence-corrected chi connectivity index (χ3v) is 2.10. The highest BCUT2D eigenvalue weighted by atomic mass is 15.0. The van der Waals surface area contributed by atoms with E-state index in [0.717, 1.165) is 29.9 Å². The third kappa shape index (κ3) is 1.37. The van der Waals surface area contributed by atoms with E-state index in [1.807, 2.05) is 24.5 Å². The van der Waals surface area contributed by atoms with Gasteiger partial charge in [-0.05, 0) is 18.6 Å². The molecule has 0 unspecified atom stereocenters. The van der Waals surface area contributed by atoms with Crippen LogP contribution in [0.5, 0.6) is 0 Å². The van der Waals surface area contributed by atoms with Gasteiger partial charge in [-0.25, -0.2) is 4.98 Å². The standard InChI is InChI=1S/C10H13N3/c1-2-3-10-12-6-9-5-4-8(11)7-13(9)10/h4-7H,2-3,11H2,1H3. The van der Waals surface area contributed by atoms with E-state index in [1.165, 1.54) is 0 Å². The topological polar surface area (TPSA) is 43.3 Å². The van der Waals surface area contributed by atoms with Crippen LogP contribution in [0.15, 0.2) is 24.5 Å². The minimum Gasteiger partial charge on any atom is -0.398 e. The van der Waals surface area contributed by atoms with E-state index in [1.54, 1.807) is 0 Å². The molecule has 0 aliphatic rings. The molecule has 0 saturated heterocycles. The van der Waals surface area contributed by atoms with Crippen molar-refractivity contribution in [3.05, 3.63) is 30.4 Å². The summed E-state index contributed by atoms with van der Waals surface area (Å²) in [5.41, 5.74) is 7.59. The van der Waals surface area contributed by atoms with Gasteiger partial charge in [-0.1, -0.05) is 6.92 Å². The number of aromatic nitrogens is 2. The first-order valence-corrected chi connectivity index (χ1v) is 4.52. The molecule has 0 atom stereocenters. The normalized spacial score (nSPS) is 10.8. The van der Waals surface area contributed by atoms with E-state index in [2.05, 4.69) is 16.3 Å². The molecule has 0 saturated carbocycles. The van der Waals surface area contributed by atoms with Crippen molar-refractivity contribution in [1.29, 1.82) is 0 Å². The van der Waals surface area contributed by atoms with Crippen LogP contribution in [0.4, 0.5) is 5.69 Å². The van der Waals surface area contributed by atoms with Crippen molar-refractivity contribution >= 4 is 11.2 Å². The zero-order chi connectivity index (χ0) is 9.26. The second-order valence-corrected chi connectivity index (χ2v) is 3.18. The van der Waals surface area contributed by atoms with E-state index in [0.29, 0.717) is 0 Å². The van der Waals surface area contributed by atoms with Gasteiger partial charge >= 0.3 is 0 Å². The van der Waals surface area contributed by atoms with Gasteiger partial charge in [0.05, 0.1) is 11.7 Å². The van der Waals surface area contributed by atoms with Crippen LogP contribution >= 0.6 is 0 Å². The van der Waals surface area contributed by atoms with Crippen LogP contribution in [-0.4, -0.2) is 9.38 Å². The Morgan fingerprint density at radius 2 is 2.31 bits per heavy atom. The Bertz CT molecular complexity index is 417. The summed E-state index contributed by atoms with van der Waals surface area (Å²) in [6.07, 6.45) is 5.91. The molecule has 13 heavy (non-hydrogen) atoms. The number of hydrogen-bond acceptors (Lipinski definition) is 2. The number of aryl methyl sites for hydroxylation is 1. The highest BCUT2D eigenvalue weighted by Gasteiger charge is 2.01. The average molecular weight is 175 g/mol. The summed E-state index contributed by atoms with van der Waals surface area (Å²) < 4.78 is 2.05. The minimum absolute atomic E-state index is 0.780. The zero-order valence-electron chi connectivity index (χ0n) is 7.70. The van der Waals surface area contributed by atoms with Gasteiger partial charge in [-0.2, -0.15) is 0 Å². The van der Waals surface area contributed by atoms with Gasteiger partial charge in [0.2, 0.25) is 0 Å². The molecule has 3 nitrogen and oxygen atoms in total. The average Bonchev–Trinajstić information content (AvgIpc) is 2.49. The number of imidazole rings is 1. The maximum absolute atomic E-state index is 5.70. The van der Waals surface area contributed by atoms with E-state index in [9.17, 15) is 0 Å². The van der Waals surface area contributed by atoms with Gasteiger partial charge in [0.1, 0.15) is 5.82 Å². The van der Waals surface area contributed by atoms with Crippen molar-refractivity contribution in [3.63, 3.8) is 0 Å². The Morgan fingerprint density at radius 1 is 1.46 bits per heavy atom. The van der Waals surface area contributed by atoms with E-state index >= 15 is 0 Å². The van der Waals surface area contributed by atoms with Crippen LogP contribution in [0.25, 0.3) is 5.52 Å². The van der Waals surface area contributed by atoms with E-state index < -0.39 is 0 Å². The maximum atomic E-state index is 5.70. The molecule has 2 heterocycles. The summed E-state index contributed by atoms with van der Waals surface area (Å²) in [6.45, 7) is 2.15. The highest BCUT2D eigenvalue weighted by molar-refractivity contribution is 5.52. The van der Waals surface area contributed by atoms with Gasteiger partial charge < -0.3 is 10.1 Å². The monoisotopic (exact) mass is 175 g/mol. The highest BCUT2D eigenvalue weighted by Crippen LogP contribution is 2.11. The van der Waals surface area contributed by atoms with Crippen LogP contribution in [0.1, 0.15) is 19.2 Å². The first-order valence-electron chi connectivity index (χ1n) is 4.52. The molecule has 2 aromatic rings. The number of nitrogens with zero attached hydrogens (tertiary/aromatic N) is 2. The van der Waals surface area contributed by atoms with Crippen molar-refractivity contribution in [1.82, 2.24) is 9.38 Å². The Morgan fingerprint density at radius 3 is 3.08 bits per heavy atom. The molecular formula is C10H13N3. The van der Waals surface area contributed by atoms with Gasteiger partial charge in [0.15, 0.2) is 0 Å². The predicted octanol–water partition coefficient (Wildman–Crippen LogP) is 1.87. The smallest absolute Gasteiger partial charge is 0.113 e. The predicted molar refractivity (Wildman–Crippen MR) is 53.6 cm³/mol. The molecule has 2 N–H and O–H groups in total. The fourth-order valence-electron chi connectivity index (χ4n) is 1.47. The first-order chi connectivity index (χ1) is 6.31. The Kier molecular flexibility index (Phi) is 1.93. The molecule has 0 radical (unpaired) electrons. The Labute approximate surface area is 77.2 Å². The van der Waals surface area contributed by atoms with Crippen LogP contribution in [-0.2, 0) is 6.42 Å². The molecule has 0 fully saturated rings. The molecule has 2 rings (SSSR count). The van der Waals surface area contributed by atoms with Gasteiger partial charge in [0.25, 0.3) is 0 Å². The number of fused-ring (bicyclic) bond motifs is 1. The van der Waals surface area contributed by atoms with Gasteiger partial charge in [0, 0.05) is 18.3 Å². The van der Waals surface area contributed by atoms with Crippen LogP contribution in [0, 0.1) is 0 Å². The van der Waals surface area contributed by atoms with E-state index in [4.69, 9.17) is 5.73 Å². The second kappa shape index (κ2) is 3.09. The fraction of sp³-hybridized carbons (Fsp3) is 0.300. The number of anilines is 1. The lowest BCUT2D eigenvalue weighted by molar-refractivity contribution is 0.831. The van der Waals surface area contributed by atoms with Crippen LogP contribution < -0.4 is 5.73 Å². The van der Waals surface area contributed by atoms with Crippen molar-refractivity contribution in [2.24, 2.45) is 0 Å². The maximum Gasteiger partial charge on any atom is 0.113 e. The fourth-order valence-corrected chi connectivity index (χ4v) is 1.47. The molecule has 0 amide bonds. The minimum atomic E-state index is 0.780. The SMILES string of the molecule is CCCc1ncc2ccc(N)cn12. The van der Waals surface area contributed by atoms with Crippen molar-refractivity contribution in [3.8, 4) is 0 Å². The lowest BCUT2D eigenvalue weighted by Crippen LogP contribution is -1.95. The summed E-state index contributed by atoms with van der Waals surface area (Å²) in [6, 6.07) is 3.88. The van der Waals surface area contributed by atoms with Crippen molar-refractivity contribution in [2.75, 3.05) is 5.73 Å². The summed E-state index contributed by atoms with van der Waals surface area (Å²) in [5, 5.41) is 0. The van der Waals surface area contributed by atoms with Gasteiger partial charge in [-0.3, -0.25) is 0 Å².